The van der Waals surface area contributed by atoms with Crippen molar-refractivity contribution in [2.75, 3.05) is 25.0 Å². The molecule has 0 unspecified atom stereocenters. The van der Waals surface area contributed by atoms with Crippen LogP contribution < -0.4 is 4.90 Å². The van der Waals surface area contributed by atoms with Crippen LogP contribution >= 0.6 is 0 Å². The van der Waals surface area contributed by atoms with Crippen molar-refractivity contribution in [3.8, 4) is 0 Å². The molecule has 0 aliphatic carbocycles. The number of carbonyl (C=O) groups excluding carboxylic acids is 1. The van der Waals surface area contributed by atoms with Crippen LogP contribution in [0.4, 0.5) is 5.95 Å². The zero-order chi connectivity index (χ0) is 12.3. The Labute approximate surface area is 101 Å². The van der Waals surface area contributed by atoms with Crippen molar-refractivity contribution >= 4 is 12.4 Å². The second-order valence-corrected chi connectivity index (χ2v) is 4.49. The lowest BCUT2D eigenvalue weighted by Crippen LogP contribution is -2.43. The molecule has 1 fully saturated rings. The van der Waals surface area contributed by atoms with Crippen molar-refractivity contribution < 1.29 is 4.79 Å². The summed E-state index contributed by atoms with van der Waals surface area (Å²) in [5.41, 5.74) is 0.988. The number of carbonyl (C=O) groups is 1. The summed E-state index contributed by atoms with van der Waals surface area (Å²) in [4.78, 5) is 23.3. The lowest BCUT2D eigenvalue weighted by atomic mass is 10.0. The topological polar surface area (TPSA) is 49.3 Å². The van der Waals surface area contributed by atoms with Crippen LogP contribution in [0.25, 0.3) is 0 Å². The lowest BCUT2D eigenvalue weighted by Gasteiger charge is -2.35. The Kier molecular flexibility index (Phi) is 3.56. The van der Waals surface area contributed by atoms with Crippen molar-refractivity contribution in [1.29, 1.82) is 0 Å². The monoisotopic (exact) mass is 234 g/mol. The highest BCUT2D eigenvalue weighted by atomic mass is 16.1. The van der Waals surface area contributed by atoms with Crippen molar-refractivity contribution in [3.63, 3.8) is 0 Å². The number of hydrogen-bond donors (Lipinski definition) is 0. The molecule has 1 aromatic heterocycles. The number of aromatic nitrogens is 2. The minimum Gasteiger partial charge on any atom is -0.345 e. The Morgan fingerprint density at radius 3 is 2.76 bits per heavy atom. The van der Waals surface area contributed by atoms with E-state index in [0.717, 1.165) is 44.0 Å². The Morgan fingerprint density at radius 2 is 2.18 bits per heavy atom. The number of aryl methyl sites for hydroxylation is 1. The van der Waals surface area contributed by atoms with E-state index in [1.54, 1.807) is 11.1 Å². The molecule has 0 saturated carbocycles. The fourth-order valence-corrected chi connectivity index (χ4v) is 2.15. The van der Waals surface area contributed by atoms with Crippen LogP contribution in [-0.2, 0) is 4.79 Å². The molecule has 0 bridgehead atoms. The van der Waals surface area contributed by atoms with E-state index in [0.29, 0.717) is 6.04 Å². The number of rotatable bonds is 3. The summed E-state index contributed by atoms with van der Waals surface area (Å²) < 4.78 is 0. The minimum absolute atomic E-state index is 0.355. The number of nitrogens with zero attached hydrogens (tertiary/aromatic N) is 4. The molecule has 1 aromatic rings. The van der Waals surface area contributed by atoms with Gasteiger partial charge in [0.05, 0.1) is 0 Å². The van der Waals surface area contributed by atoms with Gasteiger partial charge in [-0.1, -0.05) is 0 Å². The SMILES string of the molecule is Cc1ccnc(N2CCC(N(C)C=O)CC2)n1. The van der Waals surface area contributed by atoms with Gasteiger partial charge in [-0.15, -0.1) is 0 Å². The number of amides is 1. The summed E-state index contributed by atoms with van der Waals surface area (Å²) in [5, 5.41) is 0. The normalized spacial score (nSPS) is 16.9. The quantitative estimate of drug-likeness (QED) is 0.727. The van der Waals surface area contributed by atoms with Gasteiger partial charge in [-0.25, -0.2) is 9.97 Å². The molecule has 0 N–H and O–H groups in total. The van der Waals surface area contributed by atoms with Gasteiger partial charge < -0.3 is 9.80 Å². The molecular weight excluding hydrogens is 216 g/mol. The summed E-state index contributed by atoms with van der Waals surface area (Å²) in [6.07, 6.45) is 4.66. The van der Waals surface area contributed by atoms with E-state index in [2.05, 4.69) is 14.9 Å². The van der Waals surface area contributed by atoms with Crippen molar-refractivity contribution in [2.24, 2.45) is 0 Å². The molecule has 1 amide bonds. The summed E-state index contributed by atoms with van der Waals surface area (Å²) in [5.74, 6) is 0.803. The van der Waals surface area contributed by atoms with Crippen LogP contribution in [0.3, 0.4) is 0 Å². The fourth-order valence-electron chi connectivity index (χ4n) is 2.15. The zero-order valence-electron chi connectivity index (χ0n) is 10.3. The maximum absolute atomic E-state index is 10.7. The average molecular weight is 234 g/mol. The van der Waals surface area contributed by atoms with Gasteiger partial charge in [0.25, 0.3) is 0 Å². The Balaban J connectivity index is 1.97. The van der Waals surface area contributed by atoms with Crippen LogP contribution in [0.5, 0.6) is 0 Å². The molecule has 1 saturated heterocycles. The third-order valence-electron chi connectivity index (χ3n) is 3.27. The van der Waals surface area contributed by atoms with Crippen molar-refractivity contribution in [1.82, 2.24) is 14.9 Å². The summed E-state index contributed by atoms with van der Waals surface area (Å²) in [7, 11) is 1.84. The second kappa shape index (κ2) is 5.12. The van der Waals surface area contributed by atoms with Gasteiger partial charge in [-0.05, 0) is 25.8 Å². The van der Waals surface area contributed by atoms with Crippen LogP contribution in [0, 0.1) is 6.92 Å². The minimum atomic E-state index is 0.355. The highest BCUT2D eigenvalue weighted by molar-refractivity contribution is 5.47. The number of anilines is 1. The molecule has 92 valence electrons. The number of hydrogen-bond acceptors (Lipinski definition) is 4. The van der Waals surface area contributed by atoms with Gasteiger partial charge in [0.2, 0.25) is 12.4 Å². The average Bonchev–Trinajstić information content (AvgIpc) is 2.38. The summed E-state index contributed by atoms with van der Waals surface area (Å²) in [6.45, 7) is 3.79. The third-order valence-corrected chi connectivity index (χ3v) is 3.27. The standard InChI is InChI=1S/C12H18N4O/c1-10-3-6-13-12(14-10)16-7-4-11(5-8-16)15(2)9-17/h3,6,9,11H,4-5,7-8H2,1-2H3. The molecule has 0 radical (unpaired) electrons. The Hall–Kier alpha value is -1.65. The highest BCUT2D eigenvalue weighted by Crippen LogP contribution is 2.18. The van der Waals surface area contributed by atoms with E-state index in [-0.39, 0.29) is 0 Å². The summed E-state index contributed by atoms with van der Waals surface area (Å²) >= 11 is 0. The van der Waals surface area contributed by atoms with E-state index in [1.165, 1.54) is 0 Å². The smallest absolute Gasteiger partial charge is 0.225 e. The molecule has 17 heavy (non-hydrogen) atoms. The first-order valence-electron chi connectivity index (χ1n) is 5.92. The zero-order valence-corrected chi connectivity index (χ0v) is 10.3. The molecule has 0 spiro atoms. The van der Waals surface area contributed by atoms with Gasteiger partial charge in [-0.2, -0.15) is 0 Å². The van der Waals surface area contributed by atoms with E-state index < -0.39 is 0 Å². The van der Waals surface area contributed by atoms with Crippen molar-refractivity contribution in [2.45, 2.75) is 25.8 Å². The molecule has 5 heteroatoms. The summed E-state index contributed by atoms with van der Waals surface area (Å²) in [6, 6.07) is 2.25. The van der Waals surface area contributed by atoms with Crippen molar-refractivity contribution in [3.05, 3.63) is 18.0 Å². The molecule has 0 atom stereocenters. The van der Waals surface area contributed by atoms with Gasteiger partial charge in [0.15, 0.2) is 0 Å². The van der Waals surface area contributed by atoms with Gasteiger partial charge >= 0.3 is 0 Å². The molecular formula is C12H18N4O. The highest BCUT2D eigenvalue weighted by Gasteiger charge is 2.22. The van der Waals surface area contributed by atoms with Gasteiger partial charge in [0.1, 0.15) is 0 Å². The largest absolute Gasteiger partial charge is 0.345 e. The van der Waals surface area contributed by atoms with Gasteiger partial charge in [0, 0.05) is 38.1 Å². The molecule has 2 heterocycles. The molecule has 5 nitrogen and oxygen atoms in total. The van der Waals surface area contributed by atoms with E-state index in [4.69, 9.17) is 0 Å². The Morgan fingerprint density at radius 1 is 1.47 bits per heavy atom. The number of piperidine rings is 1. The Bertz CT molecular complexity index is 388. The fraction of sp³-hybridized carbons (Fsp3) is 0.583. The van der Waals surface area contributed by atoms with Crippen LogP contribution in [-0.4, -0.2) is 47.5 Å². The molecule has 1 aliphatic heterocycles. The second-order valence-electron chi connectivity index (χ2n) is 4.49. The maximum atomic E-state index is 10.7. The van der Waals surface area contributed by atoms with Gasteiger partial charge in [-0.3, -0.25) is 4.79 Å². The molecule has 0 aromatic carbocycles. The van der Waals surface area contributed by atoms with Crippen LogP contribution in [0.1, 0.15) is 18.5 Å². The lowest BCUT2D eigenvalue weighted by molar-refractivity contribution is -0.119. The van der Waals surface area contributed by atoms with Crippen LogP contribution in [0.15, 0.2) is 12.3 Å². The van der Waals surface area contributed by atoms with Crippen LogP contribution in [0.2, 0.25) is 0 Å². The molecule has 2 rings (SSSR count). The first-order chi connectivity index (χ1) is 8.20. The first kappa shape index (κ1) is 11.8. The van der Waals surface area contributed by atoms with E-state index in [1.807, 2.05) is 20.0 Å². The van der Waals surface area contributed by atoms with E-state index >= 15 is 0 Å². The first-order valence-corrected chi connectivity index (χ1v) is 5.92. The predicted octanol–water partition coefficient (Wildman–Crippen LogP) is 0.842. The predicted molar refractivity (Wildman–Crippen MR) is 65.8 cm³/mol. The third kappa shape index (κ3) is 2.72. The maximum Gasteiger partial charge on any atom is 0.225 e. The van der Waals surface area contributed by atoms with E-state index in [9.17, 15) is 4.79 Å². The molecule has 1 aliphatic rings.